The summed E-state index contributed by atoms with van der Waals surface area (Å²) in [6, 6.07) is 10.4. The van der Waals surface area contributed by atoms with Gasteiger partial charge in [0.1, 0.15) is 11.6 Å². The summed E-state index contributed by atoms with van der Waals surface area (Å²) < 4.78 is 0. The van der Waals surface area contributed by atoms with Gasteiger partial charge in [0.2, 0.25) is 5.91 Å². The summed E-state index contributed by atoms with van der Waals surface area (Å²) in [5.41, 5.74) is 4.56. The van der Waals surface area contributed by atoms with Crippen LogP contribution >= 0.6 is 0 Å². The number of anilines is 1. The number of aryl methyl sites for hydroxylation is 2. The minimum atomic E-state index is -0.00302. The number of piperidine rings is 1. The van der Waals surface area contributed by atoms with Crippen molar-refractivity contribution in [2.75, 3.05) is 18.0 Å². The lowest BCUT2D eigenvalue weighted by atomic mass is 9.95. The Morgan fingerprint density at radius 1 is 1.19 bits per heavy atom. The minimum absolute atomic E-state index is 0.00302. The molecule has 0 unspecified atom stereocenters. The Kier molecular flexibility index (Phi) is 5.70. The van der Waals surface area contributed by atoms with Crippen LogP contribution in [0.5, 0.6) is 0 Å². The molecule has 2 heterocycles. The summed E-state index contributed by atoms with van der Waals surface area (Å²) in [7, 11) is 0. The van der Waals surface area contributed by atoms with Crippen LogP contribution in [0.15, 0.2) is 24.3 Å². The molecule has 1 aromatic carbocycles. The highest BCUT2D eigenvalue weighted by Gasteiger charge is 2.27. The summed E-state index contributed by atoms with van der Waals surface area (Å²) in [5.74, 6) is 0.734. The first-order valence-corrected chi connectivity index (χ1v) is 9.31. The summed E-state index contributed by atoms with van der Waals surface area (Å²) in [6.07, 6.45) is 1.50. The lowest BCUT2D eigenvalue weighted by molar-refractivity contribution is -0.125. The van der Waals surface area contributed by atoms with Gasteiger partial charge in [-0.15, -0.1) is 5.10 Å². The Labute approximate surface area is 160 Å². The number of hydrogen-bond acceptors (Lipinski definition) is 5. The SMILES string of the molecule is Cc1ccc(CNC(=O)C2CCN(c3nnc(C)c(C)c3C#N)CC2)cc1. The molecule has 1 N–H and O–H groups in total. The van der Waals surface area contributed by atoms with E-state index in [-0.39, 0.29) is 11.8 Å². The highest BCUT2D eigenvalue weighted by Crippen LogP contribution is 2.26. The van der Waals surface area contributed by atoms with Crippen molar-refractivity contribution in [2.45, 2.75) is 40.2 Å². The number of hydrogen-bond donors (Lipinski definition) is 1. The summed E-state index contributed by atoms with van der Waals surface area (Å²) in [5, 5.41) is 20.9. The van der Waals surface area contributed by atoms with Crippen LogP contribution in [0.2, 0.25) is 0 Å². The van der Waals surface area contributed by atoms with Crippen molar-refractivity contribution in [2.24, 2.45) is 5.92 Å². The van der Waals surface area contributed by atoms with Crippen molar-refractivity contribution < 1.29 is 4.79 Å². The van der Waals surface area contributed by atoms with E-state index in [1.165, 1.54) is 5.56 Å². The van der Waals surface area contributed by atoms with Gasteiger partial charge < -0.3 is 10.2 Å². The van der Waals surface area contributed by atoms with Crippen molar-refractivity contribution in [1.29, 1.82) is 5.26 Å². The van der Waals surface area contributed by atoms with Crippen LogP contribution in [0, 0.1) is 38.0 Å². The van der Waals surface area contributed by atoms with E-state index in [1.54, 1.807) is 0 Å². The number of carbonyl (C=O) groups is 1. The second kappa shape index (κ2) is 8.17. The molecule has 6 heteroatoms. The first kappa shape index (κ1) is 18.8. The predicted molar refractivity (Wildman–Crippen MR) is 104 cm³/mol. The molecule has 1 amide bonds. The van der Waals surface area contributed by atoms with Gasteiger partial charge in [-0.1, -0.05) is 29.8 Å². The maximum Gasteiger partial charge on any atom is 0.223 e. The largest absolute Gasteiger partial charge is 0.354 e. The summed E-state index contributed by atoms with van der Waals surface area (Å²) in [6.45, 7) is 7.77. The van der Waals surface area contributed by atoms with E-state index < -0.39 is 0 Å². The molecule has 1 fully saturated rings. The van der Waals surface area contributed by atoms with E-state index >= 15 is 0 Å². The van der Waals surface area contributed by atoms with E-state index in [0.717, 1.165) is 29.7 Å². The molecule has 140 valence electrons. The van der Waals surface area contributed by atoms with Gasteiger partial charge >= 0.3 is 0 Å². The van der Waals surface area contributed by atoms with E-state index in [4.69, 9.17) is 0 Å². The van der Waals surface area contributed by atoms with Crippen LogP contribution in [0.25, 0.3) is 0 Å². The monoisotopic (exact) mass is 363 g/mol. The second-order valence-electron chi connectivity index (χ2n) is 7.19. The van der Waals surface area contributed by atoms with Gasteiger partial charge in [0.15, 0.2) is 5.82 Å². The van der Waals surface area contributed by atoms with Crippen molar-refractivity contribution in [3.05, 3.63) is 52.2 Å². The smallest absolute Gasteiger partial charge is 0.223 e. The fourth-order valence-corrected chi connectivity index (χ4v) is 3.34. The number of nitriles is 1. The molecule has 0 spiro atoms. The fourth-order valence-electron chi connectivity index (χ4n) is 3.34. The van der Waals surface area contributed by atoms with E-state index in [2.05, 4.69) is 38.6 Å². The summed E-state index contributed by atoms with van der Waals surface area (Å²) in [4.78, 5) is 14.6. The lowest BCUT2D eigenvalue weighted by Crippen LogP contribution is -2.41. The van der Waals surface area contributed by atoms with Gasteiger partial charge in [0.05, 0.1) is 5.69 Å². The van der Waals surface area contributed by atoms with Gasteiger partial charge in [-0.2, -0.15) is 10.4 Å². The minimum Gasteiger partial charge on any atom is -0.354 e. The van der Waals surface area contributed by atoms with Gasteiger partial charge in [0, 0.05) is 25.6 Å². The molecule has 0 atom stereocenters. The standard InChI is InChI=1S/C21H25N5O/c1-14-4-6-17(7-5-14)13-23-21(27)18-8-10-26(11-9-18)20-19(12-22)15(2)16(3)24-25-20/h4-7,18H,8-11,13H2,1-3H3,(H,23,27). The normalized spacial score (nSPS) is 14.7. The molecule has 1 aliphatic heterocycles. The van der Waals surface area contributed by atoms with Crippen LogP contribution < -0.4 is 10.2 Å². The topological polar surface area (TPSA) is 81.9 Å². The molecule has 3 rings (SSSR count). The van der Waals surface area contributed by atoms with Crippen LogP contribution in [-0.4, -0.2) is 29.2 Å². The number of amides is 1. The molecular formula is C21H25N5O. The quantitative estimate of drug-likeness (QED) is 0.903. The van der Waals surface area contributed by atoms with Gasteiger partial charge in [-0.25, -0.2) is 0 Å². The predicted octanol–water partition coefficient (Wildman–Crippen LogP) is 2.81. The van der Waals surface area contributed by atoms with Crippen molar-refractivity contribution in [1.82, 2.24) is 15.5 Å². The number of aromatic nitrogens is 2. The Morgan fingerprint density at radius 2 is 1.85 bits per heavy atom. The van der Waals surface area contributed by atoms with Crippen molar-refractivity contribution in [3.8, 4) is 6.07 Å². The van der Waals surface area contributed by atoms with E-state index in [0.29, 0.717) is 31.0 Å². The van der Waals surface area contributed by atoms with Crippen LogP contribution in [0.1, 0.15) is 40.8 Å². The maximum atomic E-state index is 12.5. The zero-order valence-corrected chi connectivity index (χ0v) is 16.1. The molecular weight excluding hydrogens is 338 g/mol. The molecule has 6 nitrogen and oxygen atoms in total. The third-order valence-electron chi connectivity index (χ3n) is 5.30. The van der Waals surface area contributed by atoms with Crippen molar-refractivity contribution >= 4 is 11.7 Å². The zero-order chi connectivity index (χ0) is 19.4. The maximum absolute atomic E-state index is 12.5. The average molecular weight is 363 g/mol. The van der Waals surface area contributed by atoms with E-state index in [1.807, 2.05) is 32.9 Å². The third kappa shape index (κ3) is 4.25. The number of benzene rings is 1. The molecule has 1 aliphatic rings. The molecule has 2 aromatic rings. The van der Waals surface area contributed by atoms with Crippen LogP contribution in [-0.2, 0) is 11.3 Å². The molecule has 0 saturated carbocycles. The zero-order valence-electron chi connectivity index (χ0n) is 16.1. The average Bonchev–Trinajstić information content (AvgIpc) is 2.69. The number of rotatable bonds is 4. The van der Waals surface area contributed by atoms with Gasteiger partial charge in [0.25, 0.3) is 0 Å². The molecule has 27 heavy (non-hydrogen) atoms. The molecule has 0 bridgehead atoms. The number of nitrogens with zero attached hydrogens (tertiary/aromatic N) is 4. The Hall–Kier alpha value is -2.94. The molecule has 1 saturated heterocycles. The van der Waals surface area contributed by atoms with Crippen LogP contribution in [0.3, 0.4) is 0 Å². The molecule has 0 radical (unpaired) electrons. The number of nitrogens with one attached hydrogen (secondary N) is 1. The Morgan fingerprint density at radius 3 is 2.48 bits per heavy atom. The first-order valence-electron chi connectivity index (χ1n) is 9.31. The Bertz CT molecular complexity index is 861. The van der Waals surface area contributed by atoms with Crippen molar-refractivity contribution in [3.63, 3.8) is 0 Å². The summed E-state index contributed by atoms with van der Waals surface area (Å²) >= 11 is 0. The fraction of sp³-hybridized carbons (Fsp3) is 0.429. The van der Waals surface area contributed by atoms with Gasteiger partial charge in [-0.3, -0.25) is 4.79 Å². The highest BCUT2D eigenvalue weighted by atomic mass is 16.1. The second-order valence-corrected chi connectivity index (χ2v) is 7.19. The lowest BCUT2D eigenvalue weighted by Gasteiger charge is -2.32. The van der Waals surface area contributed by atoms with Gasteiger partial charge in [-0.05, 0) is 44.7 Å². The molecule has 1 aromatic heterocycles. The van der Waals surface area contributed by atoms with E-state index in [9.17, 15) is 10.1 Å². The first-order chi connectivity index (χ1) is 13.0. The Balaban J connectivity index is 1.57. The number of carbonyl (C=O) groups excluding carboxylic acids is 1. The third-order valence-corrected chi connectivity index (χ3v) is 5.30. The molecule has 0 aliphatic carbocycles. The highest BCUT2D eigenvalue weighted by molar-refractivity contribution is 5.79. The van der Waals surface area contributed by atoms with Crippen LogP contribution in [0.4, 0.5) is 5.82 Å².